The number of nitrogens with zero attached hydrogens (tertiary/aromatic N) is 3. The fourth-order valence-corrected chi connectivity index (χ4v) is 6.56. The van der Waals surface area contributed by atoms with Gasteiger partial charge in [0.1, 0.15) is 17.3 Å². The minimum Gasteiger partial charge on any atom is -0.467 e. The number of carbonyl (C=O) groups excluding carboxylic acids is 1. The summed E-state index contributed by atoms with van der Waals surface area (Å²) in [4.78, 5) is 22.3. The van der Waals surface area contributed by atoms with Gasteiger partial charge < -0.3 is 9.32 Å². The Morgan fingerprint density at radius 3 is 2.64 bits per heavy atom. The summed E-state index contributed by atoms with van der Waals surface area (Å²) in [5.74, 6) is -1.82. The fraction of sp³-hybridized carbons (Fsp3) is 0.286. The molecule has 12 heteroatoms. The number of furan rings is 1. The van der Waals surface area contributed by atoms with E-state index in [0.29, 0.717) is 5.76 Å². The molecule has 0 radical (unpaired) electrons. The second kappa shape index (κ2) is 9.02. The Hall–Kier alpha value is -3.12. The molecule has 1 aliphatic heterocycles. The zero-order chi connectivity index (χ0) is 23.6. The van der Waals surface area contributed by atoms with Gasteiger partial charge in [-0.25, -0.2) is 31.2 Å². The number of aromatic nitrogens is 2. The number of hydrogen-bond acceptors (Lipinski definition) is 8. The average Bonchev–Trinajstić information content (AvgIpc) is 3.42. The van der Waals surface area contributed by atoms with E-state index in [-0.39, 0.29) is 35.7 Å². The lowest BCUT2D eigenvalue weighted by Crippen LogP contribution is -2.41. The Kier molecular flexibility index (Phi) is 6.30. The summed E-state index contributed by atoms with van der Waals surface area (Å²) in [6.45, 7) is -0.00661. The molecule has 174 valence electrons. The molecule has 1 fully saturated rings. The Morgan fingerprint density at radius 2 is 1.97 bits per heavy atom. The third-order valence-electron chi connectivity index (χ3n) is 5.25. The summed E-state index contributed by atoms with van der Waals surface area (Å²) >= 11 is 0. The molecule has 0 unspecified atom stereocenters. The number of benzene rings is 1. The van der Waals surface area contributed by atoms with Crippen molar-refractivity contribution >= 4 is 25.6 Å². The molecule has 0 spiro atoms. The van der Waals surface area contributed by atoms with E-state index in [1.807, 2.05) is 0 Å². The SMILES string of the molecule is O=C(c1ccnc(S(=O)(=O)Cc2ccccc2F)n1)N(Cc1ccco1)[C@@H]1CCS(=O)(=O)C1. The van der Waals surface area contributed by atoms with E-state index in [0.717, 1.165) is 12.3 Å². The minimum absolute atomic E-state index is 0.00661. The summed E-state index contributed by atoms with van der Waals surface area (Å²) < 4.78 is 68.8. The van der Waals surface area contributed by atoms with E-state index >= 15 is 0 Å². The zero-order valence-electron chi connectivity index (χ0n) is 17.3. The number of sulfone groups is 2. The number of amides is 1. The lowest BCUT2D eigenvalue weighted by Gasteiger charge is -2.27. The van der Waals surface area contributed by atoms with Gasteiger partial charge in [0, 0.05) is 17.8 Å². The van der Waals surface area contributed by atoms with Crippen LogP contribution in [0, 0.1) is 5.82 Å². The van der Waals surface area contributed by atoms with Crippen LogP contribution < -0.4 is 0 Å². The first-order valence-electron chi connectivity index (χ1n) is 9.98. The van der Waals surface area contributed by atoms with Crippen molar-refractivity contribution in [1.29, 1.82) is 0 Å². The largest absolute Gasteiger partial charge is 0.467 e. The van der Waals surface area contributed by atoms with Crippen molar-refractivity contribution in [3.63, 3.8) is 0 Å². The van der Waals surface area contributed by atoms with Crippen molar-refractivity contribution in [3.05, 3.63) is 77.8 Å². The maximum atomic E-state index is 13.9. The average molecular weight is 494 g/mol. The van der Waals surface area contributed by atoms with E-state index in [1.165, 1.54) is 35.4 Å². The van der Waals surface area contributed by atoms with E-state index in [2.05, 4.69) is 9.97 Å². The monoisotopic (exact) mass is 493 g/mol. The molecule has 1 amide bonds. The molecular weight excluding hydrogens is 473 g/mol. The molecule has 0 saturated carbocycles. The summed E-state index contributed by atoms with van der Waals surface area (Å²) in [6, 6.07) is 9.37. The Morgan fingerprint density at radius 1 is 1.18 bits per heavy atom. The highest BCUT2D eigenvalue weighted by molar-refractivity contribution is 7.91. The summed E-state index contributed by atoms with van der Waals surface area (Å²) in [5, 5.41) is -0.617. The number of hydrogen-bond donors (Lipinski definition) is 0. The molecule has 0 aliphatic carbocycles. The highest BCUT2D eigenvalue weighted by atomic mass is 32.2. The van der Waals surface area contributed by atoms with Gasteiger partial charge in [-0.15, -0.1) is 0 Å². The fourth-order valence-electron chi connectivity index (χ4n) is 3.60. The lowest BCUT2D eigenvalue weighted by molar-refractivity contribution is 0.0659. The molecule has 1 saturated heterocycles. The van der Waals surface area contributed by atoms with Crippen LogP contribution in [0.1, 0.15) is 28.2 Å². The van der Waals surface area contributed by atoms with Crippen molar-refractivity contribution < 1.29 is 30.4 Å². The molecule has 3 aromatic rings. The Labute approximate surface area is 190 Å². The van der Waals surface area contributed by atoms with E-state index < -0.39 is 48.4 Å². The lowest BCUT2D eigenvalue weighted by atomic mass is 10.2. The first-order valence-corrected chi connectivity index (χ1v) is 13.4. The van der Waals surface area contributed by atoms with Crippen LogP contribution in [0.25, 0.3) is 0 Å². The summed E-state index contributed by atoms with van der Waals surface area (Å²) in [5.41, 5.74) is -0.263. The highest BCUT2D eigenvalue weighted by Gasteiger charge is 2.36. The van der Waals surface area contributed by atoms with Gasteiger partial charge in [0.25, 0.3) is 5.91 Å². The normalized spacial score (nSPS) is 17.7. The van der Waals surface area contributed by atoms with Crippen molar-refractivity contribution in [2.45, 2.75) is 29.9 Å². The summed E-state index contributed by atoms with van der Waals surface area (Å²) in [7, 11) is -7.45. The number of carbonyl (C=O) groups is 1. The third kappa shape index (κ3) is 5.28. The van der Waals surface area contributed by atoms with Gasteiger partial charge in [0.2, 0.25) is 15.0 Å². The van der Waals surface area contributed by atoms with Crippen molar-refractivity contribution in [2.24, 2.45) is 0 Å². The molecule has 3 heterocycles. The van der Waals surface area contributed by atoms with Crippen LogP contribution >= 0.6 is 0 Å². The third-order valence-corrected chi connectivity index (χ3v) is 8.44. The number of rotatable bonds is 7. The van der Waals surface area contributed by atoms with Crippen LogP contribution in [0.5, 0.6) is 0 Å². The molecule has 1 aromatic carbocycles. The maximum Gasteiger partial charge on any atom is 0.273 e. The van der Waals surface area contributed by atoms with Crippen LogP contribution in [0.3, 0.4) is 0 Å². The van der Waals surface area contributed by atoms with Gasteiger partial charge in [-0.2, -0.15) is 0 Å². The second-order valence-corrected chi connectivity index (χ2v) is 11.8. The van der Waals surface area contributed by atoms with Crippen LogP contribution in [0.15, 0.2) is 64.5 Å². The molecule has 2 aromatic heterocycles. The zero-order valence-corrected chi connectivity index (χ0v) is 18.9. The second-order valence-electron chi connectivity index (χ2n) is 7.64. The van der Waals surface area contributed by atoms with Crippen LogP contribution in [0.4, 0.5) is 4.39 Å². The molecule has 33 heavy (non-hydrogen) atoms. The van der Waals surface area contributed by atoms with Crippen LogP contribution in [-0.2, 0) is 32.0 Å². The van der Waals surface area contributed by atoms with Crippen molar-refractivity contribution in [1.82, 2.24) is 14.9 Å². The number of halogens is 1. The van der Waals surface area contributed by atoms with Crippen LogP contribution in [-0.4, -0.2) is 55.2 Å². The standard InChI is InChI=1S/C21H20FN3O6S2/c22-18-6-2-1-4-15(18)13-33(29,30)21-23-9-7-19(24-21)20(26)25(12-17-5-3-10-31-17)16-8-11-32(27,28)14-16/h1-7,9-10,16H,8,11-14H2/t16-/m1/s1. The van der Waals surface area contributed by atoms with Gasteiger partial charge in [0.15, 0.2) is 9.84 Å². The van der Waals surface area contributed by atoms with Gasteiger partial charge >= 0.3 is 0 Å². The van der Waals surface area contributed by atoms with E-state index in [4.69, 9.17) is 4.42 Å². The Balaban J connectivity index is 1.63. The smallest absolute Gasteiger partial charge is 0.273 e. The topological polar surface area (TPSA) is 128 Å². The minimum atomic E-state index is -4.15. The van der Waals surface area contributed by atoms with Crippen LogP contribution in [0.2, 0.25) is 0 Å². The maximum absolute atomic E-state index is 13.9. The van der Waals surface area contributed by atoms with Gasteiger partial charge in [-0.1, -0.05) is 18.2 Å². The van der Waals surface area contributed by atoms with E-state index in [1.54, 1.807) is 12.1 Å². The summed E-state index contributed by atoms with van der Waals surface area (Å²) in [6.07, 6.45) is 2.81. The first kappa shape index (κ1) is 23.1. The van der Waals surface area contributed by atoms with E-state index in [9.17, 15) is 26.0 Å². The van der Waals surface area contributed by atoms with Gasteiger partial charge in [0.05, 0.1) is 30.1 Å². The highest BCUT2D eigenvalue weighted by Crippen LogP contribution is 2.23. The van der Waals surface area contributed by atoms with Crippen molar-refractivity contribution in [2.75, 3.05) is 11.5 Å². The van der Waals surface area contributed by atoms with Gasteiger partial charge in [-0.3, -0.25) is 4.79 Å². The molecule has 0 bridgehead atoms. The molecule has 4 rings (SSSR count). The van der Waals surface area contributed by atoms with Crippen molar-refractivity contribution in [3.8, 4) is 0 Å². The van der Waals surface area contributed by atoms with Gasteiger partial charge in [-0.05, 0) is 30.7 Å². The first-order chi connectivity index (χ1) is 15.6. The quantitative estimate of drug-likeness (QED) is 0.457. The molecule has 9 nitrogen and oxygen atoms in total. The Bertz CT molecular complexity index is 1370. The molecule has 0 N–H and O–H groups in total. The molecule has 1 aliphatic rings. The molecule has 1 atom stereocenters. The predicted molar refractivity (Wildman–Crippen MR) is 115 cm³/mol. The molecular formula is C21H20FN3O6S2. The predicted octanol–water partition coefficient (Wildman–Crippen LogP) is 2.01.